The van der Waals surface area contributed by atoms with Crippen molar-refractivity contribution in [3.05, 3.63) is 42.2 Å². The first-order valence-electron chi connectivity index (χ1n) is 7.99. The minimum atomic E-state index is -0.157. The van der Waals surface area contributed by atoms with E-state index in [9.17, 15) is 4.79 Å². The summed E-state index contributed by atoms with van der Waals surface area (Å²) in [6.07, 6.45) is 3.87. The smallest absolute Gasteiger partial charge is 0.319 e. The van der Waals surface area contributed by atoms with Gasteiger partial charge in [-0.25, -0.2) is 9.48 Å². The fourth-order valence-corrected chi connectivity index (χ4v) is 2.83. The number of urea groups is 1. The van der Waals surface area contributed by atoms with Crippen LogP contribution in [0.1, 0.15) is 18.5 Å². The summed E-state index contributed by atoms with van der Waals surface area (Å²) in [6, 6.07) is 9.70. The third-order valence-electron chi connectivity index (χ3n) is 4.18. The van der Waals surface area contributed by atoms with Crippen molar-refractivity contribution < 1.29 is 4.79 Å². The Hall–Kier alpha value is -2.34. The first-order valence-corrected chi connectivity index (χ1v) is 7.99. The van der Waals surface area contributed by atoms with Gasteiger partial charge in [-0.3, -0.25) is 0 Å². The van der Waals surface area contributed by atoms with Gasteiger partial charge in [-0.05, 0) is 58.1 Å². The van der Waals surface area contributed by atoms with Crippen LogP contribution in [0.5, 0.6) is 0 Å². The molecule has 6 heteroatoms. The second-order valence-electron chi connectivity index (χ2n) is 6.09. The van der Waals surface area contributed by atoms with Crippen LogP contribution in [0, 0.1) is 6.92 Å². The molecule has 0 bridgehead atoms. The van der Waals surface area contributed by atoms with E-state index in [-0.39, 0.29) is 12.1 Å². The zero-order valence-corrected chi connectivity index (χ0v) is 13.6. The van der Waals surface area contributed by atoms with Crippen LogP contribution in [0.2, 0.25) is 0 Å². The van der Waals surface area contributed by atoms with E-state index in [0.717, 1.165) is 43.0 Å². The Balaban J connectivity index is 1.67. The van der Waals surface area contributed by atoms with Gasteiger partial charge in [0.15, 0.2) is 0 Å². The minimum absolute atomic E-state index is 0.157. The zero-order chi connectivity index (χ0) is 16.2. The summed E-state index contributed by atoms with van der Waals surface area (Å²) in [5, 5.41) is 10.4. The van der Waals surface area contributed by atoms with E-state index >= 15 is 0 Å². The van der Waals surface area contributed by atoms with Gasteiger partial charge in [0, 0.05) is 12.2 Å². The number of carbonyl (C=O) groups excluding carboxylic acids is 1. The van der Waals surface area contributed by atoms with Crippen molar-refractivity contribution in [3.63, 3.8) is 0 Å². The zero-order valence-electron chi connectivity index (χ0n) is 13.6. The van der Waals surface area contributed by atoms with Gasteiger partial charge >= 0.3 is 6.03 Å². The standard InChI is InChI=1S/C17H23N5O/c1-13-7-12-22(20-13)16-6-4-3-5-15(16)19-17(23)18-14-8-10-21(2)11-9-14/h3-7,12,14H,8-11H2,1-2H3,(H2,18,19,23). The average molecular weight is 313 g/mol. The topological polar surface area (TPSA) is 62.2 Å². The highest BCUT2D eigenvalue weighted by Crippen LogP contribution is 2.19. The van der Waals surface area contributed by atoms with E-state index in [0.29, 0.717) is 0 Å². The number of nitrogens with one attached hydrogen (secondary N) is 2. The number of anilines is 1. The number of rotatable bonds is 3. The van der Waals surface area contributed by atoms with Crippen LogP contribution in [0.4, 0.5) is 10.5 Å². The van der Waals surface area contributed by atoms with Crippen molar-refractivity contribution in [3.8, 4) is 5.69 Å². The van der Waals surface area contributed by atoms with Crippen molar-refractivity contribution >= 4 is 11.7 Å². The van der Waals surface area contributed by atoms with Crippen molar-refractivity contribution in [2.45, 2.75) is 25.8 Å². The quantitative estimate of drug-likeness (QED) is 0.914. The van der Waals surface area contributed by atoms with E-state index in [1.54, 1.807) is 4.68 Å². The van der Waals surface area contributed by atoms with Gasteiger partial charge in [0.05, 0.1) is 17.1 Å². The Morgan fingerprint density at radius 1 is 1.22 bits per heavy atom. The Kier molecular flexibility index (Phi) is 4.62. The molecule has 2 N–H and O–H groups in total. The number of carbonyl (C=O) groups is 1. The number of aromatic nitrogens is 2. The average Bonchev–Trinajstić information content (AvgIpc) is 2.96. The summed E-state index contributed by atoms with van der Waals surface area (Å²) >= 11 is 0. The molecular weight excluding hydrogens is 290 g/mol. The summed E-state index contributed by atoms with van der Waals surface area (Å²) in [7, 11) is 2.11. The molecular formula is C17H23N5O. The molecule has 1 aromatic carbocycles. The maximum Gasteiger partial charge on any atom is 0.319 e. The Morgan fingerprint density at radius 2 is 1.96 bits per heavy atom. The van der Waals surface area contributed by atoms with Crippen LogP contribution in [0.3, 0.4) is 0 Å². The summed E-state index contributed by atoms with van der Waals surface area (Å²) in [5.74, 6) is 0. The van der Waals surface area contributed by atoms with Gasteiger partial charge in [0.25, 0.3) is 0 Å². The molecule has 2 heterocycles. The Bertz CT molecular complexity index is 673. The predicted octanol–water partition coefficient (Wildman–Crippen LogP) is 2.40. The Labute approximate surface area is 136 Å². The molecule has 0 atom stereocenters. The highest BCUT2D eigenvalue weighted by atomic mass is 16.2. The van der Waals surface area contributed by atoms with Gasteiger partial charge in [-0.2, -0.15) is 5.10 Å². The fourth-order valence-electron chi connectivity index (χ4n) is 2.83. The number of hydrogen-bond acceptors (Lipinski definition) is 3. The number of nitrogens with zero attached hydrogens (tertiary/aromatic N) is 3. The SMILES string of the molecule is Cc1ccn(-c2ccccc2NC(=O)NC2CCN(C)CC2)n1. The number of benzene rings is 1. The van der Waals surface area contributed by atoms with Crippen LogP contribution in [-0.4, -0.2) is 46.9 Å². The molecule has 1 aromatic heterocycles. The molecule has 0 unspecified atom stereocenters. The highest BCUT2D eigenvalue weighted by molar-refractivity contribution is 5.91. The molecule has 3 rings (SSSR count). The first-order chi connectivity index (χ1) is 11.1. The summed E-state index contributed by atoms with van der Waals surface area (Å²) < 4.78 is 1.78. The third-order valence-corrected chi connectivity index (χ3v) is 4.18. The number of amides is 2. The molecule has 0 radical (unpaired) electrons. The highest BCUT2D eigenvalue weighted by Gasteiger charge is 2.18. The molecule has 1 fully saturated rings. The number of piperidine rings is 1. The van der Waals surface area contributed by atoms with Gasteiger partial charge in [0.1, 0.15) is 0 Å². The van der Waals surface area contributed by atoms with E-state index in [4.69, 9.17) is 0 Å². The summed E-state index contributed by atoms with van der Waals surface area (Å²) in [4.78, 5) is 14.6. The lowest BCUT2D eigenvalue weighted by atomic mass is 10.1. The van der Waals surface area contributed by atoms with Crippen molar-refractivity contribution in [1.82, 2.24) is 20.0 Å². The van der Waals surface area contributed by atoms with Crippen LogP contribution in [-0.2, 0) is 0 Å². The van der Waals surface area contributed by atoms with Crippen LogP contribution < -0.4 is 10.6 Å². The number of aryl methyl sites for hydroxylation is 1. The van der Waals surface area contributed by atoms with E-state index < -0.39 is 0 Å². The molecule has 0 saturated carbocycles. The van der Waals surface area contributed by atoms with Crippen LogP contribution in [0.15, 0.2) is 36.5 Å². The molecule has 1 aliphatic rings. The second kappa shape index (κ2) is 6.83. The lowest BCUT2D eigenvalue weighted by molar-refractivity contribution is 0.221. The minimum Gasteiger partial charge on any atom is -0.335 e. The molecule has 23 heavy (non-hydrogen) atoms. The molecule has 1 saturated heterocycles. The molecule has 0 aliphatic carbocycles. The van der Waals surface area contributed by atoms with Crippen molar-refractivity contribution in [2.24, 2.45) is 0 Å². The third kappa shape index (κ3) is 3.90. The predicted molar refractivity (Wildman–Crippen MR) is 91.0 cm³/mol. The lowest BCUT2D eigenvalue weighted by Gasteiger charge is -2.29. The van der Waals surface area contributed by atoms with Crippen LogP contribution >= 0.6 is 0 Å². The van der Waals surface area contributed by atoms with Gasteiger partial charge in [-0.1, -0.05) is 12.1 Å². The van der Waals surface area contributed by atoms with Crippen LogP contribution in [0.25, 0.3) is 5.69 Å². The molecule has 1 aliphatic heterocycles. The van der Waals surface area contributed by atoms with E-state index in [2.05, 4.69) is 27.7 Å². The molecule has 2 amide bonds. The summed E-state index contributed by atoms with van der Waals surface area (Å²) in [5.41, 5.74) is 2.55. The molecule has 2 aromatic rings. The van der Waals surface area contributed by atoms with E-state index in [1.165, 1.54) is 0 Å². The molecule has 6 nitrogen and oxygen atoms in total. The van der Waals surface area contributed by atoms with Gasteiger partial charge in [-0.15, -0.1) is 0 Å². The summed E-state index contributed by atoms with van der Waals surface area (Å²) in [6.45, 7) is 3.99. The number of likely N-dealkylation sites (tertiary alicyclic amines) is 1. The second-order valence-corrected chi connectivity index (χ2v) is 6.09. The number of para-hydroxylation sites is 2. The molecule has 122 valence electrons. The lowest BCUT2D eigenvalue weighted by Crippen LogP contribution is -2.44. The maximum atomic E-state index is 12.3. The fraction of sp³-hybridized carbons (Fsp3) is 0.412. The number of hydrogen-bond donors (Lipinski definition) is 2. The Morgan fingerprint density at radius 3 is 2.65 bits per heavy atom. The maximum absolute atomic E-state index is 12.3. The first kappa shape index (κ1) is 15.6. The van der Waals surface area contributed by atoms with Gasteiger partial charge < -0.3 is 15.5 Å². The van der Waals surface area contributed by atoms with E-state index in [1.807, 2.05) is 43.5 Å². The largest absolute Gasteiger partial charge is 0.335 e. The monoisotopic (exact) mass is 313 g/mol. The van der Waals surface area contributed by atoms with Crippen molar-refractivity contribution in [2.75, 3.05) is 25.5 Å². The molecule has 0 spiro atoms. The van der Waals surface area contributed by atoms with Gasteiger partial charge in [0.2, 0.25) is 0 Å². The van der Waals surface area contributed by atoms with Crippen molar-refractivity contribution in [1.29, 1.82) is 0 Å². The normalized spacial score (nSPS) is 16.3.